The predicted molar refractivity (Wildman–Crippen MR) is 109 cm³/mol. The van der Waals surface area contributed by atoms with Gasteiger partial charge in [-0.05, 0) is 63.8 Å². The zero-order chi connectivity index (χ0) is 18.7. The van der Waals surface area contributed by atoms with Gasteiger partial charge in [0.2, 0.25) is 10.0 Å². The Bertz CT molecular complexity index is 763. The van der Waals surface area contributed by atoms with Crippen LogP contribution in [-0.2, 0) is 10.0 Å². The molecule has 2 atom stereocenters. The molecule has 2 heterocycles. The number of halogens is 1. The number of nitrogens with zero attached hydrogens (tertiary/aromatic N) is 1. The maximum atomic E-state index is 13.1. The van der Waals surface area contributed by atoms with Crippen LogP contribution in [0.2, 0.25) is 0 Å². The summed E-state index contributed by atoms with van der Waals surface area (Å²) in [6.45, 7) is 6.08. The first-order valence-corrected chi connectivity index (χ1v) is 11.0. The van der Waals surface area contributed by atoms with Gasteiger partial charge in [-0.15, -0.1) is 12.4 Å². The lowest BCUT2D eigenvalue weighted by atomic mass is 10.1. The number of carbonyl (C=O) groups excluding carboxylic acids is 1. The molecule has 8 heteroatoms. The van der Waals surface area contributed by atoms with E-state index in [4.69, 9.17) is 0 Å². The van der Waals surface area contributed by atoms with Gasteiger partial charge in [0.15, 0.2) is 0 Å². The number of hydrogen-bond donors (Lipinski definition) is 2. The van der Waals surface area contributed by atoms with Crippen LogP contribution in [-0.4, -0.2) is 50.3 Å². The molecule has 2 aliphatic rings. The number of hydrogen-bond acceptors (Lipinski definition) is 4. The summed E-state index contributed by atoms with van der Waals surface area (Å²) in [6, 6.07) is 4.98. The normalized spacial score (nSPS) is 24.1. The van der Waals surface area contributed by atoms with E-state index >= 15 is 0 Å². The van der Waals surface area contributed by atoms with Crippen molar-refractivity contribution in [3.63, 3.8) is 0 Å². The summed E-state index contributed by atoms with van der Waals surface area (Å²) in [6.07, 6.45) is 4.81. The SMILES string of the molecule is Cc1ccc(S(=O)(=O)N2CCCCC2C)cc1C(=O)NC1CCCNC1.Cl. The minimum absolute atomic E-state index is 0. The van der Waals surface area contributed by atoms with Crippen LogP contribution in [0.25, 0.3) is 0 Å². The zero-order valence-corrected chi connectivity index (χ0v) is 17.7. The van der Waals surface area contributed by atoms with Gasteiger partial charge < -0.3 is 10.6 Å². The van der Waals surface area contributed by atoms with Gasteiger partial charge in [0, 0.05) is 30.7 Å². The number of piperidine rings is 2. The van der Waals surface area contributed by atoms with Gasteiger partial charge in [0.25, 0.3) is 5.91 Å². The maximum absolute atomic E-state index is 13.1. The summed E-state index contributed by atoms with van der Waals surface area (Å²) in [5.41, 5.74) is 1.23. The Morgan fingerprint density at radius 2 is 2.00 bits per heavy atom. The van der Waals surface area contributed by atoms with Gasteiger partial charge in [0.05, 0.1) is 4.90 Å². The fourth-order valence-corrected chi connectivity index (χ4v) is 5.53. The van der Waals surface area contributed by atoms with Crippen molar-refractivity contribution in [1.29, 1.82) is 0 Å². The molecule has 152 valence electrons. The largest absolute Gasteiger partial charge is 0.348 e. The highest BCUT2D eigenvalue weighted by Gasteiger charge is 2.31. The fourth-order valence-electron chi connectivity index (χ4n) is 3.81. The molecule has 2 aliphatic heterocycles. The molecule has 1 amide bonds. The van der Waals surface area contributed by atoms with Crippen molar-refractivity contribution in [3.05, 3.63) is 29.3 Å². The van der Waals surface area contributed by atoms with Crippen molar-refractivity contribution >= 4 is 28.3 Å². The molecular weight excluding hydrogens is 386 g/mol. The molecular formula is C19H30ClN3O3S. The number of benzene rings is 1. The minimum Gasteiger partial charge on any atom is -0.348 e. The maximum Gasteiger partial charge on any atom is 0.251 e. The van der Waals surface area contributed by atoms with E-state index in [1.54, 1.807) is 16.4 Å². The monoisotopic (exact) mass is 415 g/mol. The van der Waals surface area contributed by atoms with Crippen molar-refractivity contribution in [1.82, 2.24) is 14.9 Å². The summed E-state index contributed by atoms with van der Waals surface area (Å²) in [7, 11) is -3.58. The van der Waals surface area contributed by atoms with Gasteiger partial charge >= 0.3 is 0 Å². The molecule has 0 aromatic heterocycles. The van der Waals surface area contributed by atoms with Gasteiger partial charge in [-0.25, -0.2) is 8.42 Å². The van der Waals surface area contributed by atoms with Crippen molar-refractivity contribution in [3.8, 4) is 0 Å². The van der Waals surface area contributed by atoms with Gasteiger partial charge in [-0.1, -0.05) is 12.5 Å². The number of carbonyl (C=O) groups is 1. The molecule has 3 rings (SSSR count). The Morgan fingerprint density at radius 1 is 1.22 bits per heavy atom. The number of aryl methyl sites for hydroxylation is 1. The highest BCUT2D eigenvalue weighted by molar-refractivity contribution is 7.89. The molecule has 2 unspecified atom stereocenters. The summed E-state index contributed by atoms with van der Waals surface area (Å²) in [4.78, 5) is 12.9. The summed E-state index contributed by atoms with van der Waals surface area (Å²) in [5.74, 6) is -0.194. The van der Waals surface area contributed by atoms with Gasteiger partial charge in [0.1, 0.15) is 0 Å². The molecule has 6 nitrogen and oxygen atoms in total. The highest BCUT2D eigenvalue weighted by Crippen LogP contribution is 2.26. The van der Waals surface area contributed by atoms with Crippen molar-refractivity contribution in [2.75, 3.05) is 19.6 Å². The third-order valence-corrected chi connectivity index (χ3v) is 7.44. The topological polar surface area (TPSA) is 78.5 Å². The Kier molecular flexibility index (Phi) is 7.68. The van der Waals surface area contributed by atoms with Crippen LogP contribution in [0, 0.1) is 6.92 Å². The minimum atomic E-state index is -3.58. The summed E-state index contributed by atoms with van der Waals surface area (Å²) in [5, 5.41) is 6.31. The highest BCUT2D eigenvalue weighted by atomic mass is 35.5. The first-order valence-electron chi connectivity index (χ1n) is 9.53. The van der Waals surface area contributed by atoms with E-state index in [0.717, 1.165) is 50.8 Å². The number of rotatable bonds is 4. The van der Waals surface area contributed by atoms with Crippen LogP contribution < -0.4 is 10.6 Å². The second-order valence-electron chi connectivity index (χ2n) is 7.45. The molecule has 2 fully saturated rings. The standard InChI is InChI=1S/C19H29N3O3S.ClH/c1-14-8-9-17(26(24,25)22-11-4-3-6-15(22)2)12-18(14)19(23)21-16-7-5-10-20-13-16;/h8-9,12,15-16,20H,3-7,10-11,13H2,1-2H3,(H,21,23);1H. The zero-order valence-electron chi connectivity index (χ0n) is 16.0. The number of nitrogens with one attached hydrogen (secondary N) is 2. The van der Waals surface area contributed by atoms with E-state index in [1.165, 1.54) is 6.07 Å². The van der Waals surface area contributed by atoms with E-state index in [9.17, 15) is 13.2 Å². The first-order chi connectivity index (χ1) is 12.4. The van der Waals surface area contributed by atoms with Crippen molar-refractivity contribution in [2.24, 2.45) is 0 Å². The van der Waals surface area contributed by atoms with E-state index in [0.29, 0.717) is 12.1 Å². The average Bonchev–Trinajstić information content (AvgIpc) is 2.63. The van der Waals surface area contributed by atoms with Crippen LogP contribution in [0.4, 0.5) is 0 Å². The summed E-state index contributed by atoms with van der Waals surface area (Å²) >= 11 is 0. The fraction of sp³-hybridized carbons (Fsp3) is 0.632. The van der Waals surface area contributed by atoms with Crippen molar-refractivity contribution < 1.29 is 13.2 Å². The van der Waals surface area contributed by atoms with Gasteiger partial charge in [-0.3, -0.25) is 4.79 Å². The molecule has 1 aromatic rings. The lowest BCUT2D eigenvalue weighted by Crippen LogP contribution is -2.45. The molecule has 0 saturated carbocycles. The predicted octanol–water partition coefficient (Wildman–Crippen LogP) is 2.46. The molecule has 1 aromatic carbocycles. The molecule has 0 spiro atoms. The Labute approximate surface area is 168 Å². The lowest BCUT2D eigenvalue weighted by Gasteiger charge is -2.32. The molecule has 0 bridgehead atoms. The quantitative estimate of drug-likeness (QED) is 0.791. The molecule has 2 N–H and O–H groups in total. The van der Waals surface area contributed by atoms with Crippen LogP contribution in [0.3, 0.4) is 0 Å². The second kappa shape index (κ2) is 9.37. The van der Waals surface area contributed by atoms with Crippen LogP contribution in [0.1, 0.15) is 54.9 Å². The number of amides is 1. The van der Waals surface area contributed by atoms with Crippen LogP contribution in [0.15, 0.2) is 23.1 Å². The smallest absolute Gasteiger partial charge is 0.251 e. The molecule has 2 saturated heterocycles. The molecule has 0 aliphatic carbocycles. The third kappa shape index (κ3) is 5.02. The van der Waals surface area contributed by atoms with Crippen molar-refractivity contribution in [2.45, 2.75) is 62.9 Å². The van der Waals surface area contributed by atoms with Crippen LogP contribution >= 0.6 is 12.4 Å². The summed E-state index contributed by atoms with van der Waals surface area (Å²) < 4.78 is 27.7. The Hall–Kier alpha value is -1.15. The Balaban J connectivity index is 0.00000261. The van der Waals surface area contributed by atoms with E-state index in [1.807, 2.05) is 13.8 Å². The third-order valence-electron chi connectivity index (χ3n) is 5.43. The number of sulfonamides is 1. The van der Waals surface area contributed by atoms with E-state index < -0.39 is 10.0 Å². The van der Waals surface area contributed by atoms with E-state index in [-0.39, 0.29) is 35.3 Å². The van der Waals surface area contributed by atoms with Gasteiger partial charge in [-0.2, -0.15) is 4.31 Å². The molecule has 27 heavy (non-hydrogen) atoms. The van der Waals surface area contributed by atoms with E-state index in [2.05, 4.69) is 10.6 Å². The average molecular weight is 416 g/mol. The first kappa shape index (κ1) is 22.1. The lowest BCUT2D eigenvalue weighted by molar-refractivity contribution is 0.0930. The molecule has 0 radical (unpaired) electrons. The Morgan fingerprint density at radius 3 is 2.67 bits per heavy atom. The second-order valence-corrected chi connectivity index (χ2v) is 9.34. The van der Waals surface area contributed by atoms with Crippen LogP contribution in [0.5, 0.6) is 0 Å².